The van der Waals surface area contributed by atoms with E-state index in [1.165, 1.54) is 50.0 Å². The summed E-state index contributed by atoms with van der Waals surface area (Å²) < 4.78 is 15.7. The third kappa shape index (κ3) is 6.27. The van der Waals surface area contributed by atoms with Gasteiger partial charge in [0.1, 0.15) is 5.00 Å². The van der Waals surface area contributed by atoms with Crippen LogP contribution in [0.1, 0.15) is 32.8 Å². The molecule has 15 nitrogen and oxygen atoms in total. The molecule has 0 saturated carbocycles. The molecule has 2 aromatic carbocycles. The molecule has 0 bridgehead atoms. The number of aryl methyl sites for hydroxylation is 1. The number of carbonyl (C=O) groups is 3. The van der Waals surface area contributed by atoms with E-state index in [1.54, 1.807) is 0 Å². The van der Waals surface area contributed by atoms with Crippen LogP contribution >= 0.6 is 11.3 Å². The fourth-order valence-corrected chi connectivity index (χ4v) is 5.27. The van der Waals surface area contributed by atoms with Crippen molar-refractivity contribution in [3.8, 4) is 17.2 Å². The molecule has 0 fully saturated rings. The quantitative estimate of drug-likeness (QED) is 0.123. The minimum absolute atomic E-state index is 0.0641. The number of fused-ring (bicyclic) bond motifs is 1. The van der Waals surface area contributed by atoms with Crippen molar-refractivity contribution in [3.63, 3.8) is 0 Å². The molecule has 1 aromatic heterocycles. The molecule has 212 valence electrons. The van der Waals surface area contributed by atoms with Gasteiger partial charge in [-0.2, -0.15) is 5.10 Å². The van der Waals surface area contributed by atoms with E-state index in [2.05, 4.69) is 15.8 Å². The van der Waals surface area contributed by atoms with Crippen LogP contribution in [0.4, 0.5) is 16.4 Å². The van der Waals surface area contributed by atoms with Crippen LogP contribution in [0.15, 0.2) is 41.5 Å². The molecule has 1 heterocycles. The number of hydrogen-bond donors (Lipinski definition) is 2. The van der Waals surface area contributed by atoms with Gasteiger partial charge < -0.3 is 19.5 Å². The summed E-state index contributed by atoms with van der Waals surface area (Å²) in [7, 11) is 2.56. The molecule has 0 saturated heterocycles. The number of nitro groups is 2. The molecular weight excluding hydrogens is 562 g/mol. The number of amides is 2. The van der Waals surface area contributed by atoms with Gasteiger partial charge in [0, 0.05) is 10.9 Å². The molecule has 2 amide bonds. The summed E-state index contributed by atoms with van der Waals surface area (Å²) in [5, 5.41) is 28.8. The van der Waals surface area contributed by atoms with Crippen LogP contribution < -0.4 is 20.2 Å². The number of hydrazone groups is 1. The highest BCUT2D eigenvalue weighted by atomic mass is 32.1. The smallest absolute Gasteiger partial charge is 0.341 e. The molecule has 1 aliphatic carbocycles. The second-order valence-electron chi connectivity index (χ2n) is 8.38. The Morgan fingerprint density at radius 2 is 1.73 bits per heavy atom. The first kappa shape index (κ1) is 28.6. The number of benzene rings is 2. The van der Waals surface area contributed by atoms with Crippen molar-refractivity contribution in [1.29, 1.82) is 0 Å². The van der Waals surface area contributed by atoms with Crippen molar-refractivity contribution in [2.75, 3.05) is 19.5 Å². The first-order valence-electron chi connectivity index (χ1n) is 11.8. The van der Waals surface area contributed by atoms with E-state index in [9.17, 15) is 34.6 Å². The number of nitro benzene ring substituents is 2. The van der Waals surface area contributed by atoms with Crippen LogP contribution in [-0.2, 0) is 27.2 Å². The summed E-state index contributed by atoms with van der Waals surface area (Å²) in [6, 6.07) is 7.28. The highest BCUT2D eigenvalue weighted by Crippen LogP contribution is 2.40. The molecule has 0 unspecified atom stereocenters. The van der Waals surface area contributed by atoms with Crippen molar-refractivity contribution in [2.24, 2.45) is 5.10 Å². The predicted molar refractivity (Wildman–Crippen MR) is 145 cm³/mol. The molecule has 2 N–H and O–H groups in total. The molecule has 0 radical (unpaired) electrons. The minimum atomic E-state index is -1.08. The first-order valence-corrected chi connectivity index (χ1v) is 12.6. The van der Waals surface area contributed by atoms with Crippen molar-refractivity contribution in [2.45, 2.75) is 19.3 Å². The Balaban J connectivity index is 1.43. The van der Waals surface area contributed by atoms with Crippen LogP contribution in [0.5, 0.6) is 17.2 Å². The van der Waals surface area contributed by atoms with E-state index >= 15 is 0 Å². The Morgan fingerprint density at radius 1 is 0.976 bits per heavy atom. The normalized spacial score (nSPS) is 12.0. The third-order valence-corrected chi connectivity index (χ3v) is 7.09. The van der Waals surface area contributed by atoms with Gasteiger partial charge in [0.25, 0.3) is 5.69 Å². The van der Waals surface area contributed by atoms with Crippen molar-refractivity contribution >= 4 is 51.7 Å². The molecular formula is C25H21N5O10S. The van der Waals surface area contributed by atoms with E-state index < -0.39 is 39.0 Å². The molecule has 0 spiro atoms. The van der Waals surface area contributed by atoms with Gasteiger partial charge in [-0.1, -0.05) is 0 Å². The molecule has 0 aliphatic heterocycles. The van der Waals surface area contributed by atoms with E-state index in [1.807, 2.05) is 0 Å². The predicted octanol–water partition coefficient (Wildman–Crippen LogP) is 3.73. The maximum atomic E-state index is 12.4. The zero-order chi connectivity index (χ0) is 29.7. The average molecular weight is 584 g/mol. The number of nitrogens with zero attached hydrogens (tertiary/aromatic N) is 3. The number of hydrogen-bond acceptors (Lipinski definition) is 12. The minimum Gasteiger partial charge on any atom is -0.493 e. The zero-order valence-electron chi connectivity index (χ0n) is 21.5. The molecule has 4 rings (SSSR count). The van der Waals surface area contributed by atoms with Crippen LogP contribution in [0, 0.1) is 20.2 Å². The van der Waals surface area contributed by atoms with Crippen LogP contribution in [0.2, 0.25) is 0 Å². The van der Waals surface area contributed by atoms with Gasteiger partial charge in [0.2, 0.25) is 5.75 Å². The topological polar surface area (TPSA) is 202 Å². The number of methoxy groups -OCH3 is 2. The summed E-state index contributed by atoms with van der Waals surface area (Å²) in [5.41, 5.74) is 2.48. The van der Waals surface area contributed by atoms with Crippen molar-refractivity contribution in [3.05, 3.63) is 78.2 Å². The van der Waals surface area contributed by atoms with E-state index in [0.29, 0.717) is 12.0 Å². The lowest BCUT2D eigenvalue weighted by molar-refractivity contribution is -0.394. The number of esters is 1. The van der Waals surface area contributed by atoms with Crippen molar-refractivity contribution in [1.82, 2.24) is 5.43 Å². The number of anilines is 1. The number of nitrogens with one attached hydrogen (secondary N) is 2. The summed E-state index contributed by atoms with van der Waals surface area (Å²) >= 11 is 1.22. The van der Waals surface area contributed by atoms with Gasteiger partial charge >= 0.3 is 23.5 Å². The maximum absolute atomic E-state index is 12.4. The average Bonchev–Trinajstić information content (AvgIpc) is 3.54. The van der Waals surface area contributed by atoms with E-state index in [0.717, 1.165) is 41.5 Å². The Morgan fingerprint density at radius 3 is 2.41 bits per heavy atom. The standard InChI is InChI=1S/C25H21N5O10S/c1-38-19-10-13(6-8-18(19)40-17-9-7-14(29(34)35)11-16(17)30(36)37)12-26-28-23(32)22(31)27-24-21(25(33)39-2)15-4-3-5-20(15)41-24/h6-12H,3-5H2,1-2H3,(H,27,31)(H,28,32)/b26-12+. The Labute approximate surface area is 235 Å². The monoisotopic (exact) mass is 583 g/mol. The highest BCUT2D eigenvalue weighted by molar-refractivity contribution is 7.17. The molecule has 41 heavy (non-hydrogen) atoms. The lowest BCUT2D eigenvalue weighted by Gasteiger charge is -2.11. The van der Waals surface area contributed by atoms with Crippen LogP contribution in [-0.4, -0.2) is 48.1 Å². The van der Waals surface area contributed by atoms with Gasteiger partial charge in [-0.05, 0) is 54.7 Å². The Hall–Kier alpha value is -5.38. The fourth-order valence-electron chi connectivity index (χ4n) is 4.00. The zero-order valence-corrected chi connectivity index (χ0v) is 22.3. The van der Waals surface area contributed by atoms with Crippen molar-refractivity contribution < 1.29 is 38.4 Å². The lowest BCUT2D eigenvalue weighted by atomic mass is 10.1. The van der Waals surface area contributed by atoms with Crippen LogP contribution in [0.25, 0.3) is 0 Å². The lowest BCUT2D eigenvalue weighted by Crippen LogP contribution is -2.32. The molecule has 16 heteroatoms. The second kappa shape index (κ2) is 12.2. The summed E-state index contributed by atoms with van der Waals surface area (Å²) in [6.45, 7) is 0. The largest absolute Gasteiger partial charge is 0.493 e. The number of thiophene rings is 1. The van der Waals surface area contributed by atoms with Gasteiger partial charge in [-0.15, -0.1) is 11.3 Å². The highest BCUT2D eigenvalue weighted by Gasteiger charge is 2.29. The Kier molecular flexibility index (Phi) is 8.52. The fraction of sp³-hybridized carbons (Fsp3) is 0.200. The van der Waals surface area contributed by atoms with Gasteiger partial charge in [0.15, 0.2) is 11.5 Å². The second-order valence-corrected chi connectivity index (χ2v) is 9.49. The Bertz CT molecular complexity index is 1600. The summed E-state index contributed by atoms with van der Waals surface area (Å²) in [4.78, 5) is 58.7. The van der Waals surface area contributed by atoms with Crippen LogP contribution in [0.3, 0.4) is 0 Å². The maximum Gasteiger partial charge on any atom is 0.341 e. The SMILES string of the molecule is COC(=O)c1c(NC(=O)C(=O)N/N=C/c2ccc(Oc3ccc([N+](=O)[O-])cc3[N+](=O)[O-])c(OC)c2)sc2c1CCC2. The van der Waals surface area contributed by atoms with E-state index in [-0.39, 0.29) is 27.8 Å². The molecule has 0 atom stereocenters. The summed E-state index contributed by atoms with van der Waals surface area (Å²) in [6.07, 6.45) is 3.56. The molecule has 1 aliphatic rings. The number of non-ortho nitro benzene ring substituents is 1. The van der Waals surface area contributed by atoms with Gasteiger partial charge in [-0.3, -0.25) is 29.8 Å². The van der Waals surface area contributed by atoms with Gasteiger partial charge in [-0.25, -0.2) is 10.2 Å². The number of ether oxygens (including phenoxy) is 3. The van der Waals surface area contributed by atoms with E-state index in [4.69, 9.17) is 14.2 Å². The number of rotatable bonds is 9. The molecule has 3 aromatic rings. The first-order chi connectivity index (χ1) is 19.6. The third-order valence-electron chi connectivity index (χ3n) is 5.88. The van der Waals surface area contributed by atoms with Gasteiger partial charge in [0.05, 0.1) is 41.9 Å². The number of carbonyl (C=O) groups excluding carboxylic acids is 3. The summed E-state index contributed by atoms with van der Waals surface area (Å²) in [5.74, 6) is -2.75.